The van der Waals surface area contributed by atoms with Gasteiger partial charge in [-0.25, -0.2) is 5.84 Å². The number of nitrogens with one attached hydrogen (secondary N) is 2. The lowest BCUT2D eigenvalue weighted by Gasteiger charge is -2.18. The molecular formula is C12H19N3O. The van der Waals surface area contributed by atoms with Gasteiger partial charge in [-0.15, -0.1) is 0 Å². The minimum Gasteiger partial charge on any atom is -0.373 e. The summed E-state index contributed by atoms with van der Waals surface area (Å²) < 4.78 is 0. The minimum absolute atomic E-state index is 0.217. The minimum atomic E-state index is -0.337. The van der Waals surface area contributed by atoms with Crippen molar-refractivity contribution in [1.29, 1.82) is 0 Å². The van der Waals surface area contributed by atoms with E-state index in [-0.39, 0.29) is 11.9 Å². The molecule has 0 spiro atoms. The van der Waals surface area contributed by atoms with Crippen LogP contribution in [0.1, 0.15) is 25.0 Å². The summed E-state index contributed by atoms with van der Waals surface area (Å²) in [4.78, 5) is 11.3. The molecule has 1 aromatic rings. The number of hydrogen-bond acceptors (Lipinski definition) is 3. The Bertz CT molecular complexity index is 377. The lowest BCUT2D eigenvalue weighted by Crippen LogP contribution is -2.41. The predicted molar refractivity (Wildman–Crippen MR) is 66.0 cm³/mol. The van der Waals surface area contributed by atoms with Crippen LogP contribution >= 0.6 is 0 Å². The summed E-state index contributed by atoms with van der Waals surface area (Å²) in [5.74, 6) is 4.88. The number of nitrogens with two attached hydrogens (primary N) is 1. The first-order valence-corrected chi connectivity index (χ1v) is 5.45. The van der Waals surface area contributed by atoms with E-state index in [0.29, 0.717) is 0 Å². The highest BCUT2D eigenvalue weighted by atomic mass is 16.2. The summed E-state index contributed by atoms with van der Waals surface area (Å²) in [6.07, 6.45) is 0.932. The van der Waals surface area contributed by atoms with Crippen molar-refractivity contribution in [3.63, 3.8) is 0 Å². The quantitative estimate of drug-likeness (QED) is 0.408. The van der Waals surface area contributed by atoms with Gasteiger partial charge < -0.3 is 5.32 Å². The Hall–Kier alpha value is -1.55. The van der Waals surface area contributed by atoms with Gasteiger partial charge in [0.15, 0.2) is 0 Å². The lowest BCUT2D eigenvalue weighted by atomic mass is 10.1. The Morgan fingerprint density at radius 1 is 1.50 bits per heavy atom. The summed E-state index contributed by atoms with van der Waals surface area (Å²) in [5.41, 5.74) is 5.51. The van der Waals surface area contributed by atoms with E-state index in [1.807, 2.05) is 19.1 Å². The SMILES string of the molecule is CCc1cccc(C)c1NC(C)C(=O)NN. The summed E-state index contributed by atoms with van der Waals surface area (Å²) in [5, 5.41) is 3.19. The molecule has 1 amide bonds. The number of para-hydroxylation sites is 1. The topological polar surface area (TPSA) is 67.2 Å². The number of aryl methyl sites for hydroxylation is 2. The molecule has 1 rings (SSSR count). The fourth-order valence-corrected chi connectivity index (χ4v) is 1.64. The van der Waals surface area contributed by atoms with E-state index < -0.39 is 0 Å². The second-order valence-electron chi connectivity index (χ2n) is 3.84. The second-order valence-corrected chi connectivity index (χ2v) is 3.84. The molecule has 0 radical (unpaired) electrons. The first-order chi connectivity index (χ1) is 7.60. The first-order valence-electron chi connectivity index (χ1n) is 5.45. The number of carbonyl (C=O) groups excluding carboxylic acids is 1. The molecule has 1 unspecified atom stereocenters. The van der Waals surface area contributed by atoms with Crippen molar-refractivity contribution in [3.8, 4) is 0 Å². The van der Waals surface area contributed by atoms with Gasteiger partial charge in [0, 0.05) is 5.69 Å². The third-order valence-corrected chi connectivity index (χ3v) is 2.64. The van der Waals surface area contributed by atoms with Gasteiger partial charge in [-0.3, -0.25) is 10.2 Å². The molecule has 0 heterocycles. The van der Waals surface area contributed by atoms with E-state index in [4.69, 9.17) is 5.84 Å². The number of amides is 1. The zero-order valence-corrected chi connectivity index (χ0v) is 10.0. The molecule has 4 N–H and O–H groups in total. The van der Waals surface area contributed by atoms with Crippen molar-refractivity contribution in [1.82, 2.24) is 5.43 Å². The Labute approximate surface area is 96.2 Å². The van der Waals surface area contributed by atoms with E-state index in [1.165, 1.54) is 5.56 Å². The Kier molecular flexibility index (Phi) is 4.31. The van der Waals surface area contributed by atoms with Gasteiger partial charge in [-0.1, -0.05) is 25.1 Å². The van der Waals surface area contributed by atoms with Crippen LogP contribution in [-0.4, -0.2) is 11.9 Å². The average Bonchev–Trinajstić information content (AvgIpc) is 2.30. The zero-order chi connectivity index (χ0) is 12.1. The maximum absolute atomic E-state index is 11.3. The van der Waals surface area contributed by atoms with Crippen LogP contribution in [-0.2, 0) is 11.2 Å². The fourth-order valence-electron chi connectivity index (χ4n) is 1.64. The van der Waals surface area contributed by atoms with Crippen molar-refractivity contribution < 1.29 is 4.79 Å². The number of carbonyl (C=O) groups is 1. The molecule has 0 aliphatic heterocycles. The lowest BCUT2D eigenvalue weighted by molar-refractivity contribution is -0.121. The first kappa shape index (κ1) is 12.5. The van der Waals surface area contributed by atoms with Gasteiger partial charge in [0.1, 0.15) is 6.04 Å². The van der Waals surface area contributed by atoms with E-state index in [9.17, 15) is 4.79 Å². The second kappa shape index (κ2) is 5.51. The van der Waals surface area contributed by atoms with Crippen LogP contribution < -0.4 is 16.6 Å². The molecular weight excluding hydrogens is 202 g/mol. The van der Waals surface area contributed by atoms with Gasteiger partial charge in [0.2, 0.25) is 0 Å². The molecule has 0 fully saturated rings. The molecule has 4 nitrogen and oxygen atoms in total. The highest BCUT2D eigenvalue weighted by molar-refractivity contribution is 5.84. The Morgan fingerprint density at radius 3 is 2.75 bits per heavy atom. The number of anilines is 1. The summed E-state index contributed by atoms with van der Waals surface area (Å²) in [6, 6.07) is 5.76. The third kappa shape index (κ3) is 2.73. The molecule has 0 aromatic heterocycles. The van der Waals surface area contributed by atoms with Crippen LogP contribution in [0.4, 0.5) is 5.69 Å². The van der Waals surface area contributed by atoms with Crippen LogP contribution in [0.5, 0.6) is 0 Å². The van der Waals surface area contributed by atoms with Gasteiger partial charge in [-0.2, -0.15) is 0 Å². The number of hydrogen-bond donors (Lipinski definition) is 3. The maximum Gasteiger partial charge on any atom is 0.256 e. The predicted octanol–water partition coefficient (Wildman–Crippen LogP) is 1.35. The molecule has 0 aliphatic rings. The van der Waals surface area contributed by atoms with E-state index in [2.05, 4.69) is 23.7 Å². The summed E-state index contributed by atoms with van der Waals surface area (Å²) in [7, 11) is 0. The normalized spacial score (nSPS) is 12.0. The van der Waals surface area contributed by atoms with Crippen LogP contribution in [0.25, 0.3) is 0 Å². The van der Waals surface area contributed by atoms with Gasteiger partial charge in [0.05, 0.1) is 0 Å². The Balaban J connectivity index is 2.91. The highest BCUT2D eigenvalue weighted by Gasteiger charge is 2.13. The third-order valence-electron chi connectivity index (χ3n) is 2.64. The smallest absolute Gasteiger partial charge is 0.256 e. The van der Waals surface area contributed by atoms with Crippen molar-refractivity contribution in [2.24, 2.45) is 5.84 Å². The van der Waals surface area contributed by atoms with E-state index >= 15 is 0 Å². The van der Waals surface area contributed by atoms with Gasteiger partial charge >= 0.3 is 0 Å². The zero-order valence-electron chi connectivity index (χ0n) is 10.0. The monoisotopic (exact) mass is 221 g/mol. The summed E-state index contributed by atoms with van der Waals surface area (Å²) in [6.45, 7) is 5.90. The number of benzene rings is 1. The Morgan fingerprint density at radius 2 is 2.19 bits per heavy atom. The highest BCUT2D eigenvalue weighted by Crippen LogP contribution is 2.21. The van der Waals surface area contributed by atoms with Crippen molar-refractivity contribution in [2.75, 3.05) is 5.32 Å². The standard InChI is InChI=1S/C12H19N3O/c1-4-10-7-5-6-8(2)11(10)14-9(3)12(16)15-13/h5-7,9,14H,4,13H2,1-3H3,(H,15,16). The molecule has 0 aliphatic carbocycles. The number of rotatable bonds is 4. The van der Waals surface area contributed by atoms with Crippen LogP contribution in [0.15, 0.2) is 18.2 Å². The van der Waals surface area contributed by atoms with E-state index in [1.54, 1.807) is 6.92 Å². The maximum atomic E-state index is 11.3. The molecule has 1 aromatic carbocycles. The van der Waals surface area contributed by atoms with E-state index in [0.717, 1.165) is 17.7 Å². The molecule has 16 heavy (non-hydrogen) atoms. The van der Waals surface area contributed by atoms with Gasteiger partial charge in [0.25, 0.3) is 5.91 Å². The molecule has 0 saturated heterocycles. The van der Waals surface area contributed by atoms with Crippen molar-refractivity contribution in [2.45, 2.75) is 33.2 Å². The molecule has 88 valence electrons. The van der Waals surface area contributed by atoms with Gasteiger partial charge in [-0.05, 0) is 31.4 Å². The van der Waals surface area contributed by atoms with Crippen LogP contribution in [0, 0.1) is 6.92 Å². The van der Waals surface area contributed by atoms with Crippen molar-refractivity contribution >= 4 is 11.6 Å². The molecule has 0 saturated carbocycles. The molecule has 4 heteroatoms. The van der Waals surface area contributed by atoms with Crippen LogP contribution in [0.2, 0.25) is 0 Å². The summed E-state index contributed by atoms with van der Waals surface area (Å²) >= 11 is 0. The molecule has 1 atom stereocenters. The van der Waals surface area contributed by atoms with Crippen LogP contribution in [0.3, 0.4) is 0 Å². The number of hydrazine groups is 1. The largest absolute Gasteiger partial charge is 0.373 e. The van der Waals surface area contributed by atoms with Crippen molar-refractivity contribution in [3.05, 3.63) is 29.3 Å². The fraction of sp³-hybridized carbons (Fsp3) is 0.417. The average molecular weight is 221 g/mol. The molecule has 0 bridgehead atoms.